The Kier molecular flexibility index (Phi) is 5.93. The summed E-state index contributed by atoms with van der Waals surface area (Å²) in [4.78, 5) is 36.2. The van der Waals surface area contributed by atoms with Crippen molar-refractivity contribution in [1.82, 2.24) is 5.32 Å². The molecule has 7 nitrogen and oxygen atoms in total. The van der Waals surface area contributed by atoms with Gasteiger partial charge < -0.3 is 20.1 Å². The second kappa shape index (κ2) is 8.56. The Balaban J connectivity index is 1.49. The highest BCUT2D eigenvalue weighted by Crippen LogP contribution is 2.39. The lowest BCUT2D eigenvalue weighted by Gasteiger charge is -2.08. The fraction of sp³-hybridized carbons (Fsp3) is 0.286. The van der Waals surface area contributed by atoms with E-state index < -0.39 is 5.97 Å². The highest BCUT2D eigenvalue weighted by molar-refractivity contribution is 6.00. The molecule has 0 aliphatic heterocycles. The van der Waals surface area contributed by atoms with Crippen molar-refractivity contribution in [2.24, 2.45) is 11.8 Å². The zero-order chi connectivity index (χ0) is 20.1. The van der Waals surface area contributed by atoms with Gasteiger partial charge in [-0.2, -0.15) is 0 Å². The monoisotopic (exact) mass is 382 g/mol. The molecule has 2 atom stereocenters. The fourth-order valence-corrected chi connectivity index (χ4v) is 2.91. The van der Waals surface area contributed by atoms with Crippen LogP contribution in [-0.2, 0) is 20.9 Å². The number of carbonyl (C=O) groups excluding carboxylic acids is 3. The number of nitrogens with one attached hydrogen (secondary N) is 2. The van der Waals surface area contributed by atoms with Gasteiger partial charge in [0.2, 0.25) is 11.8 Å². The van der Waals surface area contributed by atoms with Crippen LogP contribution in [0.4, 0.5) is 5.69 Å². The molecule has 7 heteroatoms. The molecule has 0 spiro atoms. The summed E-state index contributed by atoms with van der Waals surface area (Å²) in [6, 6.07) is 13.9. The van der Waals surface area contributed by atoms with Crippen LogP contribution in [0.15, 0.2) is 48.5 Å². The Bertz CT molecular complexity index is 879. The van der Waals surface area contributed by atoms with Crippen LogP contribution in [0.1, 0.15) is 22.3 Å². The number of methoxy groups -OCH3 is 2. The predicted octanol–water partition coefficient (Wildman–Crippen LogP) is 2.37. The Morgan fingerprint density at radius 3 is 2.39 bits per heavy atom. The number of hydrogen-bond acceptors (Lipinski definition) is 5. The number of amides is 2. The molecule has 3 rings (SSSR count). The summed E-state index contributed by atoms with van der Waals surface area (Å²) in [6.07, 6.45) is 0.511. The average Bonchev–Trinajstić information content (AvgIpc) is 3.53. The van der Waals surface area contributed by atoms with Crippen LogP contribution in [0.3, 0.4) is 0 Å². The summed E-state index contributed by atoms with van der Waals surface area (Å²) in [7, 11) is 2.90. The van der Waals surface area contributed by atoms with Crippen LogP contribution < -0.4 is 15.4 Å². The first kappa shape index (κ1) is 19.4. The van der Waals surface area contributed by atoms with Crippen LogP contribution in [-0.4, -0.2) is 32.0 Å². The van der Waals surface area contributed by atoms with Crippen LogP contribution >= 0.6 is 0 Å². The zero-order valence-electron chi connectivity index (χ0n) is 15.7. The molecule has 0 radical (unpaired) electrons. The van der Waals surface area contributed by atoms with Gasteiger partial charge in [-0.15, -0.1) is 0 Å². The van der Waals surface area contributed by atoms with Crippen LogP contribution in [0, 0.1) is 11.8 Å². The van der Waals surface area contributed by atoms with Crippen molar-refractivity contribution in [3.63, 3.8) is 0 Å². The molecule has 0 aromatic heterocycles. The second-order valence-corrected chi connectivity index (χ2v) is 6.58. The maximum absolute atomic E-state index is 12.4. The lowest BCUT2D eigenvalue weighted by atomic mass is 10.2. The second-order valence-electron chi connectivity index (χ2n) is 6.58. The van der Waals surface area contributed by atoms with E-state index in [-0.39, 0.29) is 23.7 Å². The third-order valence-corrected chi connectivity index (χ3v) is 4.64. The Labute approximate surface area is 163 Å². The summed E-state index contributed by atoms with van der Waals surface area (Å²) >= 11 is 0. The van der Waals surface area contributed by atoms with E-state index in [1.165, 1.54) is 7.11 Å². The molecule has 0 bridgehead atoms. The molecule has 2 unspecified atom stereocenters. The standard InChI is InChI=1S/C21H22N2O5/c1-27-16-8-6-13(7-9-16)12-22-19(24)17-11-18(17)20(25)23-15-5-3-4-14(10-15)21(26)28-2/h3-10,17-18H,11-12H2,1-2H3,(H,22,24)(H,23,25). The summed E-state index contributed by atoms with van der Waals surface area (Å²) in [5.74, 6) is -0.783. The molecule has 1 fully saturated rings. The Morgan fingerprint density at radius 2 is 1.71 bits per heavy atom. The van der Waals surface area contributed by atoms with Gasteiger partial charge in [-0.1, -0.05) is 18.2 Å². The number of benzene rings is 2. The number of hydrogen-bond donors (Lipinski definition) is 2. The van der Waals surface area contributed by atoms with Crippen LogP contribution in [0.25, 0.3) is 0 Å². The number of esters is 1. The molecule has 1 saturated carbocycles. The van der Waals surface area contributed by atoms with Gasteiger partial charge in [0.25, 0.3) is 0 Å². The summed E-state index contributed by atoms with van der Waals surface area (Å²) in [5.41, 5.74) is 1.80. The smallest absolute Gasteiger partial charge is 0.337 e. The van der Waals surface area contributed by atoms with E-state index in [9.17, 15) is 14.4 Å². The molecule has 0 heterocycles. The van der Waals surface area contributed by atoms with Gasteiger partial charge in [0.05, 0.1) is 31.6 Å². The molecule has 0 saturated heterocycles. The molecule has 2 aromatic rings. The topological polar surface area (TPSA) is 93.7 Å². The number of anilines is 1. The van der Waals surface area contributed by atoms with Crippen molar-refractivity contribution in [1.29, 1.82) is 0 Å². The largest absolute Gasteiger partial charge is 0.497 e. The number of carbonyl (C=O) groups is 3. The predicted molar refractivity (Wildman–Crippen MR) is 103 cm³/mol. The van der Waals surface area contributed by atoms with E-state index in [0.717, 1.165) is 11.3 Å². The van der Waals surface area contributed by atoms with Gasteiger partial charge in [0.1, 0.15) is 5.75 Å². The normalized spacial score (nSPS) is 17.4. The lowest BCUT2D eigenvalue weighted by Crippen LogP contribution is -2.27. The van der Waals surface area contributed by atoms with Crippen LogP contribution in [0.5, 0.6) is 5.75 Å². The van der Waals surface area contributed by atoms with E-state index in [4.69, 9.17) is 4.74 Å². The summed E-state index contributed by atoms with van der Waals surface area (Å²) in [5, 5.41) is 5.61. The number of rotatable bonds is 7. The number of ether oxygens (including phenoxy) is 2. The average molecular weight is 382 g/mol. The van der Waals surface area contributed by atoms with E-state index in [1.54, 1.807) is 31.4 Å². The molecule has 2 aromatic carbocycles. The maximum atomic E-state index is 12.4. The molecule has 2 N–H and O–H groups in total. The fourth-order valence-electron chi connectivity index (χ4n) is 2.91. The van der Waals surface area contributed by atoms with Crippen molar-refractivity contribution >= 4 is 23.5 Å². The van der Waals surface area contributed by atoms with Crippen molar-refractivity contribution in [3.8, 4) is 5.75 Å². The van der Waals surface area contributed by atoms with Gasteiger partial charge in [0.15, 0.2) is 0 Å². The maximum Gasteiger partial charge on any atom is 0.337 e. The lowest BCUT2D eigenvalue weighted by molar-refractivity contribution is -0.125. The minimum Gasteiger partial charge on any atom is -0.497 e. The van der Waals surface area contributed by atoms with E-state index >= 15 is 0 Å². The summed E-state index contributed by atoms with van der Waals surface area (Å²) < 4.78 is 9.77. The first-order valence-electron chi connectivity index (χ1n) is 8.91. The van der Waals surface area contributed by atoms with E-state index in [2.05, 4.69) is 15.4 Å². The minimum absolute atomic E-state index is 0.140. The third kappa shape index (κ3) is 4.68. The van der Waals surface area contributed by atoms with Gasteiger partial charge in [0, 0.05) is 12.2 Å². The molecular formula is C21H22N2O5. The van der Waals surface area contributed by atoms with E-state index in [1.807, 2.05) is 24.3 Å². The molecular weight excluding hydrogens is 360 g/mol. The molecule has 1 aliphatic rings. The van der Waals surface area contributed by atoms with Crippen molar-refractivity contribution in [3.05, 3.63) is 59.7 Å². The first-order valence-corrected chi connectivity index (χ1v) is 8.91. The Hall–Kier alpha value is -3.35. The molecule has 28 heavy (non-hydrogen) atoms. The SMILES string of the molecule is COC(=O)c1cccc(NC(=O)C2CC2C(=O)NCc2ccc(OC)cc2)c1. The van der Waals surface area contributed by atoms with Gasteiger partial charge in [-0.05, 0) is 42.3 Å². The Morgan fingerprint density at radius 1 is 1.00 bits per heavy atom. The van der Waals surface area contributed by atoms with Crippen molar-refractivity contribution < 1.29 is 23.9 Å². The van der Waals surface area contributed by atoms with Crippen molar-refractivity contribution in [2.45, 2.75) is 13.0 Å². The molecule has 2 amide bonds. The van der Waals surface area contributed by atoms with Gasteiger partial charge >= 0.3 is 5.97 Å². The molecule has 1 aliphatic carbocycles. The van der Waals surface area contributed by atoms with Crippen LogP contribution in [0.2, 0.25) is 0 Å². The highest BCUT2D eigenvalue weighted by Gasteiger charge is 2.47. The first-order chi connectivity index (χ1) is 13.5. The minimum atomic E-state index is -0.474. The van der Waals surface area contributed by atoms with Gasteiger partial charge in [-0.3, -0.25) is 9.59 Å². The summed E-state index contributed by atoms with van der Waals surface area (Å²) in [6.45, 7) is 0.398. The highest BCUT2D eigenvalue weighted by atomic mass is 16.5. The van der Waals surface area contributed by atoms with Gasteiger partial charge in [-0.25, -0.2) is 4.79 Å². The quantitative estimate of drug-likeness (QED) is 0.717. The molecule has 146 valence electrons. The zero-order valence-corrected chi connectivity index (χ0v) is 15.7. The van der Waals surface area contributed by atoms with Crippen molar-refractivity contribution in [2.75, 3.05) is 19.5 Å². The van der Waals surface area contributed by atoms with E-state index in [0.29, 0.717) is 24.2 Å². The third-order valence-electron chi connectivity index (χ3n) is 4.64.